The van der Waals surface area contributed by atoms with Crippen molar-refractivity contribution in [3.63, 3.8) is 0 Å². The van der Waals surface area contributed by atoms with Crippen molar-refractivity contribution in [1.29, 1.82) is 0 Å². The quantitative estimate of drug-likeness (QED) is 0.780. The lowest BCUT2D eigenvalue weighted by molar-refractivity contribution is -0.145. The Kier molecular flexibility index (Phi) is 5.29. The third kappa shape index (κ3) is 4.18. The SMILES string of the molecule is COC(=O)C(NC(=O)C1CCc2n[nH]c(=O)cc2C1)c1cc(F)cc(F)c1. The second kappa shape index (κ2) is 7.65. The number of amides is 1. The number of esters is 1. The number of carbonyl (C=O) groups excluding carboxylic acids is 2. The standard InChI is InChI=1S/C18H17F2N3O4/c1-27-18(26)16(11-5-12(19)8-13(20)6-11)21-17(25)9-2-3-14-10(4-9)7-15(24)23-22-14/h5-9,16H,2-4H2,1H3,(H,21,25)(H,23,24). The van der Waals surface area contributed by atoms with Gasteiger partial charge in [0.15, 0.2) is 6.04 Å². The third-order valence-corrected chi connectivity index (χ3v) is 4.49. The summed E-state index contributed by atoms with van der Waals surface area (Å²) in [5.74, 6) is -3.56. The molecule has 2 atom stereocenters. The zero-order valence-corrected chi connectivity index (χ0v) is 14.4. The van der Waals surface area contributed by atoms with Gasteiger partial charge in [-0.2, -0.15) is 5.10 Å². The second-order valence-electron chi connectivity index (χ2n) is 6.31. The zero-order chi connectivity index (χ0) is 19.6. The summed E-state index contributed by atoms with van der Waals surface area (Å²) in [6.45, 7) is 0. The van der Waals surface area contributed by atoms with Crippen molar-refractivity contribution in [3.05, 3.63) is 63.1 Å². The number of hydrogen-bond donors (Lipinski definition) is 2. The molecule has 1 amide bonds. The summed E-state index contributed by atoms with van der Waals surface area (Å²) in [7, 11) is 1.12. The van der Waals surface area contributed by atoms with Gasteiger partial charge in [-0.05, 0) is 42.5 Å². The maximum atomic E-state index is 13.5. The van der Waals surface area contributed by atoms with Gasteiger partial charge in [0.1, 0.15) is 11.6 Å². The van der Waals surface area contributed by atoms with Crippen LogP contribution < -0.4 is 10.9 Å². The molecule has 7 nitrogen and oxygen atoms in total. The Labute approximate surface area is 152 Å². The predicted octanol–water partition coefficient (Wildman–Crippen LogP) is 1.18. The van der Waals surface area contributed by atoms with Crippen LogP contribution in [0.4, 0.5) is 8.78 Å². The average Bonchev–Trinajstić information content (AvgIpc) is 2.63. The molecule has 9 heteroatoms. The number of aromatic amines is 1. The number of benzene rings is 1. The minimum atomic E-state index is -1.34. The fourth-order valence-corrected chi connectivity index (χ4v) is 3.16. The molecule has 1 aliphatic rings. The second-order valence-corrected chi connectivity index (χ2v) is 6.31. The molecular weight excluding hydrogens is 360 g/mol. The van der Waals surface area contributed by atoms with Crippen LogP contribution >= 0.6 is 0 Å². The third-order valence-electron chi connectivity index (χ3n) is 4.49. The van der Waals surface area contributed by atoms with Gasteiger partial charge in [-0.15, -0.1) is 0 Å². The minimum absolute atomic E-state index is 0.0537. The monoisotopic (exact) mass is 377 g/mol. The van der Waals surface area contributed by atoms with Crippen molar-refractivity contribution in [2.45, 2.75) is 25.3 Å². The summed E-state index contributed by atoms with van der Waals surface area (Å²) in [6.07, 6.45) is 1.23. The number of nitrogens with zero attached hydrogens (tertiary/aromatic N) is 1. The molecule has 2 unspecified atom stereocenters. The van der Waals surface area contributed by atoms with Crippen LogP contribution in [0.25, 0.3) is 0 Å². The highest BCUT2D eigenvalue weighted by molar-refractivity contribution is 5.87. The Morgan fingerprint density at radius 2 is 1.96 bits per heavy atom. The summed E-state index contributed by atoms with van der Waals surface area (Å²) in [4.78, 5) is 36.1. The summed E-state index contributed by atoms with van der Waals surface area (Å²) in [5, 5.41) is 8.81. The van der Waals surface area contributed by atoms with E-state index in [1.165, 1.54) is 6.07 Å². The van der Waals surface area contributed by atoms with E-state index >= 15 is 0 Å². The molecule has 0 spiro atoms. The lowest BCUT2D eigenvalue weighted by atomic mass is 9.86. The smallest absolute Gasteiger partial charge is 0.333 e. The minimum Gasteiger partial charge on any atom is -0.467 e. The van der Waals surface area contributed by atoms with Crippen molar-refractivity contribution in [2.24, 2.45) is 5.92 Å². The lowest BCUT2D eigenvalue weighted by Gasteiger charge is -2.25. The molecule has 1 heterocycles. The number of rotatable bonds is 4. The van der Waals surface area contributed by atoms with Crippen molar-refractivity contribution in [2.75, 3.05) is 7.11 Å². The normalized spacial score (nSPS) is 16.9. The van der Waals surface area contributed by atoms with Gasteiger partial charge in [0.2, 0.25) is 5.91 Å². The number of aromatic nitrogens is 2. The number of hydrogen-bond acceptors (Lipinski definition) is 5. The fourth-order valence-electron chi connectivity index (χ4n) is 3.16. The first-order valence-electron chi connectivity index (χ1n) is 8.29. The summed E-state index contributed by atoms with van der Waals surface area (Å²) >= 11 is 0. The Hall–Kier alpha value is -3.10. The van der Waals surface area contributed by atoms with Crippen molar-refractivity contribution < 1.29 is 23.1 Å². The van der Waals surface area contributed by atoms with Gasteiger partial charge < -0.3 is 10.1 Å². The van der Waals surface area contributed by atoms with Crippen LogP contribution in [0.5, 0.6) is 0 Å². The molecule has 1 aromatic heterocycles. The van der Waals surface area contributed by atoms with Crippen LogP contribution in [0.15, 0.2) is 29.1 Å². The van der Waals surface area contributed by atoms with E-state index < -0.39 is 35.5 Å². The highest BCUT2D eigenvalue weighted by atomic mass is 19.1. The Morgan fingerprint density at radius 1 is 1.26 bits per heavy atom. The fraction of sp³-hybridized carbons (Fsp3) is 0.333. The number of carbonyl (C=O) groups is 2. The Bertz CT molecular complexity index is 924. The molecule has 3 rings (SSSR count). The molecule has 0 radical (unpaired) electrons. The van der Waals surface area contributed by atoms with E-state index in [4.69, 9.17) is 0 Å². The van der Waals surface area contributed by atoms with Crippen molar-refractivity contribution in [3.8, 4) is 0 Å². The maximum Gasteiger partial charge on any atom is 0.333 e. The zero-order valence-electron chi connectivity index (χ0n) is 14.4. The maximum absolute atomic E-state index is 13.5. The highest BCUT2D eigenvalue weighted by Crippen LogP contribution is 2.25. The summed E-state index contributed by atoms with van der Waals surface area (Å²) < 4.78 is 31.7. The molecule has 2 N–H and O–H groups in total. The molecule has 27 heavy (non-hydrogen) atoms. The van der Waals surface area contributed by atoms with Crippen LogP contribution in [0, 0.1) is 17.6 Å². The topological polar surface area (TPSA) is 101 Å². The number of fused-ring (bicyclic) bond motifs is 1. The highest BCUT2D eigenvalue weighted by Gasteiger charge is 2.31. The van der Waals surface area contributed by atoms with Gasteiger partial charge in [0.05, 0.1) is 12.8 Å². The van der Waals surface area contributed by atoms with Crippen molar-refractivity contribution >= 4 is 11.9 Å². The van der Waals surface area contributed by atoms with E-state index in [1.807, 2.05) is 0 Å². The molecule has 0 fully saturated rings. The van der Waals surface area contributed by atoms with Gasteiger partial charge in [-0.25, -0.2) is 18.7 Å². The number of H-pyrrole nitrogens is 1. The average molecular weight is 377 g/mol. The van der Waals surface area contributed by atoms with E-state index in [1.54, 1.807) is 0 Å². The number of aryl methyl sites for hydroxylation is 1. The first kappa shape index (κ1) is 18.7. The molecule has 0 saturated heterocycles. The van der Waals surface area contributed by atoms with Crippen LogP contribution in [0.3, 0.4) is 0 Å². The first-order valence-corrected chi connectivity index (χ1v) is 8.29. The van der Waals surface area contributed by atoms with Gasteiger partial charge in [-0.1, -0.05) is 0 Å². The van der Waals surface area contributed by atoms with Crippen LogP contribution in [0.2, 0.25) is 0 Å². The molecule has 0 bridgehead atoms. The van der Waals surface area contributed by atoms with E-state index in [2.05, 4.69) is 20.3 Å². The van der Waals surface area contributed by atoms with E-state index in [0.29, 0.717) is 24.5 Å². The molecule has 0 aliphatic heterocycles. The van der Waals surface area contributed by atoms with Gasteiger partial charge >= 0.3 is 5.97 Å². The predicted molar refractivity (Wildman–Crippen MR) is 89.6 cm³/mol. The molecular formula is C18H17F2N3O4. The Balaban J connectivity index is 1.81. The van der Waals surface area contributed by atoms with Gasteiger partial charge in [-0.3, -0.25) is 9.59 Å². The van der Waals surface area contributed by atoms with Crippen LogP contribution in [0.1, 0.15) is 29.3 Å². The Morgan fingerprint density at radius 3 is 2.63 bits per heavy atom. The number of ether oxygens (including phenoxy) is 1. The molecule has 1 aliphatic carbocycles. The van der Waals surface area contributed by atoms with Gasteiger partial charge in [0.25, 0.3) is 5.56 Å². The number of halogens is 2. The van der Waals surface area contributed by atoms with E-state index in [9.17, 15) is 23.2 Å². The molecule has 0 saturated carbocycles. The summed E-state index contributed by atoms with van der Waals surface area (Å²) in [6, 6.07) is 2.64. The lowest BCUT2D eigenvalue weighted by Crippen LogP contribution is -2.40. The van der Waals surface area contributed by atoms with Gasteiger partial charge in [0, 0.05) is 18.1 Å². The van der Waals surface area contributed by atoms with Crippen molar-refractivity contribution in [1.82, 2.24) is 15.5 Å². The molecule has 142 valence electrons. The number of nitrogens with one attached hydrogen (secondary N) is 2. The summed E-state index contributed by atoms with van der Waals surface area (Å²) in [5.41, 5.74) is 0.964. The van der Waals surface area contributed by atoms with Crippen LogP contribution in [-0.2, 0) is 27.2 Å². The molecule has 1 aromatic carbocycles. The molecule has 2 aromatic rings. The van der Waals surface area contributed by atoms with E-state index in [0.717, 1.165) is 24.9 Å². The van der Waals surface area contributed by atoms with E-state index in [-0.39, 0.29) is 17.5 Å². The number of methoxy groups -OCH3 is 1. The first-order chi connectivity index (χ1) is 12.9. The van der Waals surface area contributed by atoms with Crippen LogP contribution in [-0.4, -0.2) is 29.2 Å². The largest absolute Gasteiger partial charge is 0.467 e.